The number of nitrogens with zero attached hydrogens (tertiary/aromatic N) is 2. The third-order valence-electron chi connectivity index (χ3n) is 2.34. The van der Waals surface area contributed by atoms with Crippen molar-refractivity contribution in [2.24, 2.45) is 0 Å². The first-order chi connectivity index (χ1) is 8.29. The molecule has 0 spiro atoms. The predicted molar refractivity (Wildman–Crippen MR) is 66.0 cm³/mol. The molecule has 0 radical (unpaired) electrons. The Morgan fingerprint density at radius 2 is 2.35 bits per heavy atom. The second-order valence-electron chi connectivity index (χ2n) is 3.55. The predicted octanol–water partition coefficient (Wildman–Crippen LogP) is 1.05. The standard InChI is InChI=1S/C11H15N5O/c1-17-11-9(12)2-3-10(16-11)14-5-4-8-6-13-7-15-8/h2-3,6-7H,4-5,12H2,1H3,(H,13,15)(H,14,16). The molecule has 0 aliphatic heterocycles. The van der Waals surface area contributed by atoms with Gasteiger partial charge in [-0.05, 0) is 12.1 Å². The highest BCUT2D eigenvalue weighted by molar-refractivity contribution is 5.53. The minimum absolute atomic E-state index is 0.441. The number of nitrogens with two attached hydrogens (primary N) is 1. The van der Waals surface area contributed by atoms with E-state index in [4.69, 9.17) is 10.5 Å². The molecule has 0 saturated carbocycles. The van der Waals surface area contributed by atoms with Gasteiger partial charge in [0.05, 0.1) is 19.1 Å². The first-order valence-electron chi connectivity index (χ1n) is 5.31. The molecule has 0 amide bonds. The van der Waals surface area contributed by atoms with Crippen molar-refractivity contribution >= 4 is 11.5 Å². The Hall–Kier alpha value is -2.24. The molecule has 6 heteroatoms. The number of nitrogen functional groups attached to an aromatic ring is 1. The first-order valence-corrected chi connectivity index (χ1v) is 5.31. The Kier molecular flexibility index (Phi) is 3.44. The summed E-state index contributed by atoms with van der Waals surface area (Å²) in [4.78, 5) is 11.2. The van der Waals surface area contributed by atoms with E-state index in [1.807, 2.05) is 6.07 Å². The molecule has 0 saturated heterocycles. The average molecular weight is 233 g/mol. The van der Waals surface area contributed by atoms with Crippen LogP contribution < -0.4 is 15.8 Å². The number of ether oxygens (including phenoxy) is 1. The van der Waals surface area contributed by atoms with Crippen LogP contribution in [0.5, 0.6) is 5.88 Å². The summed E-state index contributed by atoms with van der Waals surface area (Å²) in [6.45, 7) is 0.766. The van der Waals surface area contributed by atoms with Crippen LogP contribution in [-0.2, 0) is 6.42 Å². The lowest BCUT2D eigenvalue weighted by Gasteiger charge is -2.08. The van der Waals surface area contributed by atoms with E-state index in [0.29, 0.717) is 11.6 Å². The van der Waals surface area contributed by atoms with E-state index in [2.05, 4.69) is 20.3 Å². The molecule has 0 aliphatic rings. The Morgan fingerprint density at radius 1 is 1.47 bits per heavy atom. The fourth-order valence-electron chi connectivity index (χ4n) is 1.46. The van der Waals surface area contributed by atoms with Gasteiger partial charge in [0, 0.05) is 24.9 Å². The maximum atomic E-state index is 5.68. The summed E-state index contributed by atoms with van der Waals surface area (Å²) >= 11 is 0. The second kappa shape index (κ2) is 5.20. The molecule has 90 valence electrons. The Bertz CT molecular complexity index is 469. The lowest BCUT2D eigenvalue weighted by molar-refractivity contribution is 0.401. The molecular formula is C11H15N5O. The number of aromatic amines is 1. The molecule has 17 heavy (non-hydrogen) atoms. The molecule has 0 fully saturated rings. The van der Waals surface area contributed by atoms with Gasteiger partial charge >= 0.3 is 0 Å². The van der Waals surface area contributed by atoms with E-state index < -0.39 is 0 Å². The third-order valence-corrected chi connectivity index (χ3v) is 2.34. The fourth-order valence-corrected chi connectivity index (χ4v) is 1.46. The second-order valence-corrected chi connectivity index (χ2v) is 3.55. The van der Waals surface area contributed by atoms with E-state index >= 15 is 0 Å². The quantitative estimate of drug-likeness (QED) is 0.718. The molecule has 0 unspecified atom stereocenters. The van der Waals surface area contributed by atoms with Gasteiger partial charge in [0.2, 0.25) is 5.88 Å². The highest BCUT2D eigenvalue weighted by Crippen LogP contribution is 2.19. The van der Waals surface area contributed by atoms with Crippen molar-refractivity contribution in [3.8, 4) is 5.88 Å². The van der Waals surface area contributed by atoms with E-state index in [1.54, 1.807) is 25.7 Å². The van der Waals surface area contributed by atoms with Crippen molar-refractivity contribution in [1.82, 2.24) is 15.0 Å². The fraction of sp³-hybridized carbons (Fsp3) is 0.273. The van der Waals surface area contributed by atoms with Crippen molar-refractivity contribution in [2.75, 3.05) is 24.7 Å². The van der Waals surface area contributed by atoms with Crippen LogP contribution in [0.3, 0.4) is 0 Å². The number of hydrogen-bond acceptors (Lipinski definition) is 5. The van der Waals surface area contributed by atoms with E-state index in [9.17, 15) is 0 Å². The van der Waals surface area contributed by atoms with Crippen LogP contribution in [0.1, 0.15) is 5.69 Å². The zero-order valence-electron chi connectivity index (χ0n) is 9.60. The van der Waals surface area contributed by atoms with Crippen molar-refractivity contribution in [3.63, 3.8) is 0 Å². The van der Waals surface area contributed by atoms with Gasteiger partial charge in [-0.25, -0.2) is 4.98 Å². The SMILES string of the molecule is COc1nc(NCCc2cnc[nH]2)ccc1N. The highest BCUT2D eigenvalue weighted by atomic mass is 16.5. The highest BCUT2D eigenvalue weighted by Gasteiger charge is 2.02. The first kappa shape index (κ1) is 11.3. The van der Waals surface area contributed by atoms with Gasteiger partial charge in [-0.15, -0.1) is 0 Å². The van der Waals surface area contributed by atoms with Crippen LogP contribution in [-0.4, -0.2) is 28.6 Å². The van der Waals surface area contributed by atoms with E-state index in [0.717, 1.165) is 24.5 Å². The number of aromatic nitrogens is 3. The van der Waals surface area contributed by atoms with E-state index in [1.165, 1.54) is 0 Å². The molecule has 2 aromatic rings. The zero-order chi connectivity index (χ0) is 12.1. The number of nitrogens with one attached hydrogen (secondary N) is 2. The Morgan fingerprint density at radius 3 is 3.06 bits per heavy atom. The molecule has 2 heterocycles. The van der Waals surface area contributed by atoms with Gasteiger partial charge in [0.1, 0.15) is 5.82 Å². The molecule has 2 aromatic heterocycles. The van der Waals surface area contributed by atoms with Gasteiger partial charge in [0.15, 0.2) is 0 Å². The smallest absolute Gasteiger partial charge is 0.238 e. The largest absolute Gasteiger partial charge is 0.479 e. The zero-order valence-corrected chi connectivity index (χ0v) is 9.60. The molecule has 0 aliphatic carbocycles. The normalized spacial score (nSPS) is 10.2. The summed E-state index contributed by atoms with van der Waals surface area (Å²) < 4.78 is 5.05. The molecule has 0 bridgehead atoms. The van der Waals surface area contributed by atoms with Gasteiger partial charge in [-0.2, -0.15) is 4.98 Å². The van der Waals surface area contributed by atoms with Gasteiger partial charge in [0.25, 0.3) is 0 Å². The van der Waals surface area contributed by atoms with Gasteiger partial charge < -0.3 is 20.8 Å². The molecule has 6 nitrogen and oxygen atoms in total. The summed E-state index contributed by atoms with van der Waals surface area (Å²) in [7, 11) is 1.55. The van der Waals surface area contributed by atoms with E-state index in [-0.39, 0.29) is 0 Å². The lowest BCUT2D eigenvalue weighted by Crippen LogP contribution is -2.07. The summed E-state index contributed by atoms with van der Waals surface area (Å²) in [5.74, 6) is 1.19. The number of pyridine rings is 1. The van der Waals surface area contributed by atoms with Crippen molar-refractivity contribution in [3.05, 3.63) is 30.4 Å². The molecule has 0 atom stereocenters. The Balaban J connectivity index is 1.90. The molecule has 2 rings (SSSR count). The number of H-pyrrole nitrogens is 1. The number of anilines is 2. The molecule has 0 aromatic carbocycles. The summed E-state index contributed by atoms with van der Waals surface area (Å²) in [5, 5.41) is 3.19. The monoisotopic (exact) mass is 233 g/mol. The van der Waals surface area contributed by atoms with Gasteiger partial charge in [-0.3, -0.25) is 0 Å². The number of hydrogen-bond donors (Lipinski definition) is 3. The number of imidazole rings is 1. The van der Waals surface area contributed by atoms with Crippen LogP contribution in [0.15, 0.2) is 24.7 Å². The summed E-state index contributed by atoms with van der Waals surface area (Å²) in [5.41, 5.74) is 7.29. The van der Waals surface area contributed by atoms with Crippen molar-refractivity contribution < 1.29 is 4.74 Å². The van der Waals surface area contributed by atoms with Crippen LogP contribution >= 0.6 is 0 Å². The summed E-state index contributed by atoms with van der Waals surface area (Å²) in [6.07, 6.45) is 4.33. The minimum atomic E-state index is 0.441. The Labute approximate surface area is 99.2 Å². The van der Waals surface area contributed by atoms with Crippen LogP contribution in [0.25, 0.3) is 0 Å². The molecular weight excluding hydrogens is 218 g/mol. The topological polar surface area (TPSA) is 88.8 Å². The summed E-state index contributed by atoms with van der Waals surface area (Å²) in [6, 6.07) is 3.59. The molecule has 4 N–H and O–H groups in total. The van der Waals surface area contributed by atoms with Crippen LogP contribution in [0, 0.1) is 0 Å². The number of rotatable bonds is 5. The maximum Gasteiger partial charge on any atom is 0.238 e. The third kappa shape index (κ3) is 2.87. The average Bonchev–Trinajstić information content (AvgIpc) is 2.84. The van der Waals surface area contributed by atoms with Crippen molar-refractivity contribution in [2.45, 2.75) is 6.42 Å². The lowest BCUT2D eigenvalue weighted by atomic mass is 10.3. The van der Waals surface area contributed by atoms with Crippen molar-refractivity contribution in [1.29, 1.82) is 0 Å². The van der Waals surface area contributed by atoms with Crippen LogP contribution in [0.2, 0.25) is 0 Å². The van der Waals surface area contributed by atoms with Gasteiger partial charge in [-0.1, -0.05) is 0 Å². The maximum absolute atomic E-state index is 5.68. The minimum Gasteiger partial charge on any atom is -0.479 e. The number of methoxy groups -OCH3 is 1. The van der Waals surface area contributed by atoms with Crippen LogP contribution in [0.4, 0.5) is 11.5 Å².